The van der Waals surface area contributed by atoms with Crippen molar-refractivity contribution in [3.8, 4) is 0 Å². The molecule has 0 aromatic carbocycles. The van der Waals surface area contributed by atoms with Gasteiger partial charge in [-0.1, -0.05) is 13.8 Å². The number of hydrogen-bond donors (Lipinski definition) is 3. The van der Waals surface area contributed by atoms with Crippen molar-refractivity contribution in [3.05, 3.63) is 12.3 Å². The molecule has 1 aromatic heterocycles. The summed E-state index contributed by atoms with van der Waals surface area (Å²) in [5.74, 6) is -0.831. The SMILES string of the molecule is CC(C)CNC(=O)N1CCCC(C(=O)Nc2ccn(CC(=O)O)n2)C1. The van der Waals surface area contributed by atoms with Gasteiger partial charge in [-0.15, -0.1) is 0 Å². The van der Waals surface area contributed by atoms with E-state index in [0.717, 1.165) is 6.42 Å². The zero-order valence-corrected chi connectivity index (χ0v) is 14.6. The molecule has 0 radical (unpaired) electrons. The average molecular weight is 351 g/mol. The van der Waals surface area contributed by atoms with Crippen LogP contribution in [0.15, 0.2) is 12.3 Å². The van der Waals surface area contributed by atoms with Gasteiger partial charge in [0.15, 0.2) is 5.82 Å². The van der Waals surface area contributed by atoms with Crippen molar-refractivity contribution < 1.29 is 19.5 Å². The molecule has 3 N–H and O–H groups in total. The summed E-state index contributed by atoms with van der Waals surface area (Å²) in [6, 6.07) is 1.41. The Morgan fingerprint density at radius 2 is 2.16 bits per heavy atom. The summed E-state index contributed by atoms with van der Waals surface area (Å²) in [5, 5.41) is 18.3. The number of urea groups is 1. The Kier molecular flexibility index (Phi) is 6.37. The first-order valence-corrected chi connectivity index (χ1v) is 8.44. The molecule has 0 spiro atoms. The zero-order valence-electron chi connectivity index (χ0n) is 14.6. The molecule has 25 heavy (non-hydrogen) atoms. The molecule has 1 atom stereocenters. The van der Waals surface area contributed by atoms with Gasteiger partial charge < -0.3 is 20.6 Å². The predicted molar refractivity (Wildman–Crippen MR) is 91.0 cm³/mol. The average Bonchev–Trinajstić information content (AvgIpc) is 2.98. The maximum absolute atomic E-state index is 12.4. The van der Waals surface area contributed by atoms with Crippen molar-refractivity contribution in [1.29, 1.82) is 0 Å². The number of carbonyl (C=O) groups excluding carboxylic acids is 2. The van der Waals surface area contributed by atoms with Gasteiger partial charge in [0.25, 0.3) is 0 Å². The molecule has 3 amide bonds. The maximum atomic E-state index is 12.4. The van der Waals surface area contributed by atoms with Crippen LogP contribution in [-0.2, 0) is 16.1 Å². The van der Waals surface area contributed by atoms with Crippen LogP contribution in [0.2, 0.25) is 0 Å². The number of hydrogen-bond acceptors (Lipinski definition) is 4. The fraction of sp³-hybridized carbons (Fsp3) is 0.625. The fourth-order valence-corrected chi connectivity index (χ4v) is 2.66. The molecular weight excluding hydrogens is 326 g/mol. The second-order valence-corrected chi connectivity index (χ2v) is 6.65. The number of anilines is 1. The molecule has 1 aliphatic rings. The summed E-state index contributed by atoms with van der Waals surface area (Å²) < 4.78 is 1.24. The normalized spacial score (nSPS) is 17.4. The van der Waals surface area contributed by atoms with Gasteiger partial charge in [0, 0.05) is 31.9 Å². The van der Waals surface area contributed by atoms with Crippen molar-refractivity contribution >= 4 is 23.7 Å². The van der Waals surface area contributed by atoms with Crippen LogP contribution in [0.1, 0.15) is 26.7 Å². The molecule has 9 nitrogen and oxygen atoms in total. The molecule has 9 heteroatoms. The number of carboxylic acid groups (broad SMARTS) is 1. The highest BCUT2D eigenvalue weighted by molar-refractivity contribution is 5.92. The lowest BCUT2D eigenvalue weighted by Gasteiger charge is -2.32. The summed E-state index contributed by atoms with van der Waals surface area (Å²) in [6.45, 7) is 5.40. The van der Waals surface area contributed by atoms with Gasteiger partial charge in [-0.2, -0.15) is 5.10 Å². The van der Waals surface area contributed by atoms with Crippen molar-refractivity contribution in [1.82, 2.24) is 20.0 Å². The number of nitrogens with one attached hydrogen (secondary N) is 2. The lowest BCUT2D eigenvalue weighted by molar-refractivity contribution is -0.137. The lowest BCUT2D eigenvalue weighted by Crippen LogP contribution is -2.48. The minimum Gasteiger partial charge on any atom is -0.480 e. The van der Waals surface area contributed by atoms with Gasteiger partial charge in [0.05, 0.1) is 5.92 Å². The largest absolute Gasteiger partial charge is 0.480 e. The molecule has 2 rings (SSSR count). The fourth-order valence-electron chi connectivity index (χ4n) is 2.66. The van der Waals surface area contributed by atoms with E-state index in [1.165, 1.54) is 10.9 Å². The zero-order chi connectivity index (χ0) is 18.4. The molecular formula is C16H25N5O4. The van der Waals surface area contributed by atoms with Crippen molar-refractivity contribution in [2.45, 2.75) is 33.2 Å². The van der Waals surface area contributed by atoms with Crippen molar-refractivity contribution in [3.63, 3.8) is 0 Å². The number of carboxylic acids is 1. The van der Waals surface area contributed by atoms with E-state index in [1.54, 1.807) is 11.0 Å². The molecule has 138 valence electrons. The van der Waals surface area contributed by atoms with Gasteiger partial charge in [-0.25, -0.2) is 4.79 Å². The van der Waals surface area contributed by atoms with E-state index in [0.29, 0.717) is 37.8 Å². The minimum atomic E-state index is -1.00. The molecule has 0 saturated carbocycles. The van der Waals surface area contributed by atoms with E-state index in [2.05, 4.69) is 15.7 Å². The molecule has 0 aliphatic carbocycles. The van der Waals surface area contributed by atoms with Crippen molar-refractivity contribution in [2.24, 2.45) is 11.8 Å². The second-order valence-electron chi connectivity index (χ2n) is 6.65. The molecule has 2 heterocycles. The molecule has 1 saturated heterocycles. The number of rotatable bonds is 6. The highest BCUT2D eigenvalue weighted by atomic mass is 16.4. The highest BCUT2D eigenvalue weighted by Gasteiger charge is 2.28. The van der Waals surface area contributed by atoms with Crippen LogP contribution in [0.4, 0.5) is 10.6 Å². The first-order valence-electron chi connectivity index (χ1n) is 8.44. The van der Waals surface area contributed by atoms with Gasteiger partial charge in [0.1, 0.15) is 6.54 Å². The van der Waals surface area contributed by atoms with Crippen molar-refractivity contribution in [2.75, 3.05) is 25.0 Å². The van der Waals surface area contributed by atoms with E-state index < -0.39 is 5.97 Å². The number of aliphatic carboxylic acids is 1. The van der Waals surface area contributed by atoms with Gasteiger partial charge in [-0.05, 0) is 18.8 Å². The number of likely N-dealkylation sites (tertiary alicyclic amines) is 1. The third kappa shape index (κ3) is 5.77. The number of nitrogens with zero attached hydrogens (tertiary/aromatic N) is 3. The first-order chi connectivity index (χ1) is 11.8. The standard InChI is InChI=1S/C16H25N5O4/c1-11(2)8-17-16(25)20-6-3-4-12(9-20)15(24)18-13-5-7-21(19-13)10-14(22)23/h5,7,11-12H,3-4,6,8-10H2,1-2H3,(H,17,25)(H,22,23)(H,18,19,24). The monoisotopic (exact) mass is 351 g/mol. The highest BCUT2D eigenvalue weighted by Crippen LogP contribution is 2.18. The predicted octanol–water partition coefficient (Wildman–Crippen LogP) is 0.984. The van der Waals surface area contributed by atoms with Crippen LogP contribution in [0.3, 0.4) is 0 Å². The Morgan fingerprint density at radius 1 is 1.40 bits per heavy atom. The number of piperidine rings is 1. The summed E-state index contributed by atoms with van der Waals surface area (Å²) in [4.78, 5) is 36.9. The number of amides is 3. The van der Waals surface area contributed by atoms with E-state index >= 15 is 0 Å². The first kappa shape index (κ1) is 18.8. The van der Waals surface area contributed by atoms with Crippen LogP contribution in [0, 0.1) is 11.8 Å². The Bertz CT molecular complexity index is 628. The third-order valence-corrected chi connectivity index (χ3v) is 3.93. The van der Waals surface area contributed by atoms with Gasteiger partial charge >= 0.3 is 12.0 Å². The maximum Gasteiger partial charge on any atom is 0.325 e. The van der Waals surface area contributed by atoms with E-state index in [4.69, 9.17) is 5.11 Å². The van der Waals surface area contributed by atoms with Gasteiger partial charge in [0.2, 0.25) is 5.91 Å². The van der Waals surface area contributed by atoms with Crippen LogP contribution in [-0.4, -0.2) is 57.3 Å². The molecule has 1 unspecified atom stereocenters. The van der Waals surface area contributed by atoms with Crippen LogP contribution >= 0.6 is 0 Å². The molecule has 0 bridgehead atoms. The minimum absolute atomic E-state index is 0.142. The summed E-state index contributed by atoms with van der Waals surface area (Å²) in [5.41, 5.74) is 0. The summed E-state index contributed by atoms with van der Waals surface area (Å²) in [6.07, 6.45) is 2.96. The quantitative estimate of drug-likeness (QED) is 0.706. The molecule has 1 fully saturated rings. The second kappa shape index (κ2) is 8.50. The third-order valence-electron chi connectivity index (χ3n) is 3.93. The summed E-state index contributed by atoms with van der Waals surface area (Å²) in [7, 11) is 0. The topological polar surface area (TPSA) is 117 Å². The smallest absolute Gasteiger partial charge is 0.325 e. The Hall–Kier alpha value is -2.58. The number of aromatic nitrogens is 2. The lowest BCUT2D eigenvalue weighted by atomic mass is 9.97. The van der Waals surface area contributed by atoms with E-state index in [-0.39, 0.29) is 24.4 Å². The van der Waals surface area contributed by atoms with Crippen LogP contribution in [0.25, 0.3) is 0 Å². The Labute approximate surface area is 146 Å². The summed E-state index contributed by atoms with van der Waals surface area (Å²) >= 11 is 0. The Morgan fingerprint density at radius 3 is 2.84 bits per heavy atom. The van der Waals surface area contributed by atoms with Crippen LogP contribution in [0.5, 0.6) is 0 Å². The van der Waals surface area contributed by atoms with Gasteiger partial charge in [-0.3, -0.25) is 14.3 Å². The molecule has 1 aliphatic heterocycles. The molecule has 1 aromatic rings. The number of carbonyl (C=O) groups is 3. The van der Waals surface area contributed by atoms with E-state index in [1.807, 2.05) is 13.8 Å². The van der Waals surface area contributed by atoms with Crippen LogP contribution < -0.4 is 10.6 Å². The van der Waals surface area contributed by atoms with E-state index in [9.17, 15) is 14.4 Å². The Balaban J connectivity index is 1.87.